The Morgan fingerprint density at radius 2 is 1.76 bits per heavy atom. The summed E-state index contributed by atoms with van der Waals surface area (Å²) in [6.45, 7) is 6.41. The summed E-state index contributed by atoms with van der Waals surface area (Å²) >= 11 is 6.19. The van der Waals surface area contributed by atoms with Crippen LogP contribution in [-0.2, 0) is 16.0 Å². The molecule has 2 heterocycles. The first-order valence-corrected chi connectivity index (χ1v) is 13.8. The molecule has 3 N–H and O–H groups in total. The number of benzene rings is 3. The van der Waals surface area contributed by atoms with Crippen molar-refractivity contribution in [1.29, 1.82) is 0 Å². The second-order valence-electron chi connectivity index (χ2n) is 11.2. The summed E-state index contributed by atoms with van der Waals surface area (Å²) in [4.78, 5) is 40.0. The third kappa shape index (κ3) is 6.57. The van der Waals surface area contributed by atoms with Crippen LogP contribution in [-0.4, -0.2) is 54.6 Å². The molecule has 0 aromatic heterocycles. The molecule has 1 unspecified atom stereocenters. The molecule has 5 rings (SSSR count). The van der Waals surface area contributed by atoms with Crippen molar-refractivity contribution < 1.29 is 23.9 Å². The number of hydrogen-bond donors (Lipinski definition) is 3. The molecule has 0 radical (unpaired) electrons. The van der Waals surface area contributed by atoms with Crippen LogP contribution in [0.5, 0.6) is 5.75 Å². The number of nitrogens with one attached hydrogen (secondary N) is 3. The summed E-state index contributed by atoms with van der Waals surface area (Å²) in [6.07, 6.45) is 0.363. The molecule has 0 spiro atoms. The number of hydrogen-bond acceptors (Lipinski definition) is 6. The zero-order valence-electron chi connectivity index (χ0n) is 23.5. The van der Waals surface area contributed by atoms with E-state index in [2.05, 4.69) is 16.0 Å². The van der Waals surface area contributed by atoms with E-state index in [1.165, 1.54) is 0 Å². The summed E-state index contributed by atoms with van der Waals surface area (Å²) in [5.74, 6) is 0.282. The average Bonchev–Trinajstić information content (AvgIpc) is 3.32. The van der Waals surface area contributed by atoms with Crippen molar-refractivity contribution in [2.45, 2.75) is 45.3 Å². The van der Waals surface area contributed by atoms with Crippen LogP contribution in [0.15, 0.2) is 54.6 Å². The lowest BCUT2D eigenvalue weighted by Gasteiger charge is -2.22. The SMILES string of the molecule is COc1cc(-c2ccc3c(c2)Nc2ccc(CC(=O)N4CCC(NC(=O)OC(C)(C)C)C4)cc2NC3=O)ccc1Cl. The molecule has 1 fully saturated rings. The van der Waals surface area contributed by atoms with Gasteiger partial charge in [0.25, 0.3) is 5.91 Å². The van der Waals surface area contributed by atoms with Gasteiger partial charge in [-0.25, -0.2) is 4.79 Å². The van der Waals surface area contributed by atoms with E-state index < -0.39 is 11.7 Å². The van der Waals surface area contributed by atoms with Crippen molar-refractivity contribution >= 4 is 46.6 Å². The number of amides is 3. The van der Waals surface area contributed by atoms with Crippen LogP contribution in [0.25, 0.3) is 11.1 Å². The second kappa shape index (κ2) is 11.3. The van der Waals surface area contributed by atoms with Crippen molar-refractivity contribution in [1.82, 2.24) is 10.2 Å². The van der Waals surface area contributed by atoms with Gasteiger partial charge in [-0.2, -0.15) is 0 Å². The van der Waals surface area contributed by atoms with Gasteiger partial charge in [0.05, 0.1) is 47.2 Å². The first kappa shape index (κ1) is 28.3. The number of ether oxygens (including phenoxy) is 2. The maximum absolute atomic E-state index is 13.1. The van der Waals surface area contributed by atoms with Gasteiger partial charge in [-0.3, -0.25) is 9.59 Å². The lowest BCUT2D eigenvalue weighted by Crippen LogP contribution is -2.41. The second-order valence-corrected chi connectivity index (χ2v) is 11.6. The molecular formula is C31H33ClN4O5. The molecule has 0 aliphatic carbocycles. The van der Waals surface area contributed by atoms with Crippen LogP contribution in [0.4, 0.5) is 21.9 Å². The van der Waals surface area contributed by atoms with Crippen LogP contribution in [0.1, 0.15) is 43.1 Å². The maximum atomic E-state index is 13.1. The van der Waals surface area contributed by atoms with Crippen LogP contribution in [0.3, 0.4) is 0 Å². The average molecular weight is 577 g/mol. The smallest absolute Gasteiger partial charge is 0.407 e. The highest BCUT2D eigenvalue weighted by Gasteiger charge is 2.29. The van der Waals surface area contributed by atoms with E-state index in [1.54, 1.807) is 24.1 Å². The van der Waals surface area contributed by atoms with Crippen molar-refractivity contribution in [3.8, 4) is 16.9 Å². The quantitative estimate of drug-likeness (QED) is 0.344. The molecule has 2 aliphatic heterocycles. The number of methoxy groups -OCH3 is 1. The van der Waals surface area contributed by atoms with E-state index in [4.69, 9.17) is 21.1 Å². The molecule has 2 aliphatic rings. The van der Waals surface area contributed by atoms with Crippen molar-refractivity contribution in [2.24, 2.45) is 0 Å². The summed E-state index contributed by atoms with van der Waals surface area (Å²) in [5.41, 5.74) is 4.48. The largest absolute Gasteiger partial charge is 0.495 e. The Hall–Kier alpha value is -4.24. The van der Waals surface area contributed by atoms with E-state index in [1.807, 2.05) is 63.2 Å². The Balaban J connectivity index is 1.27. The van der Waals surface area contributed by atoms with E-state index in [0.29, 0.717) is 47.2 Å². The monoisotopic (exact) mass is 576 g/mol. The predicted molar refractivity (Wildman–Crippen MR) is 159 cm³/mol. The minimum absolute atomic E-state index is 0.0438. The molecule has 9 nitrogen and oxygen atoms in total. The topological polar surface area (TPSA) is 109 Å². The van der Waals surface area contributed by atoms with Gasteiger partial charge in [-0.1, -0.05) is 29.8 Å². The number of nitrogens with zero attached hydrogens (tertiary/aromatic N) is 1. The number of alkyl carbamates (subject to hydrolysis) is 1. The first-order valence-electron chi connectivity index (χ1n) is 13.5. The molecule has 1 saturated heterocycles. The Morgan fingerprint density at radius 1 is 1.00 bits per heavy atom. The molecular weight excluding hydrogens is 544 g/mol. The van der Waals surface area contributed by atoms with Gasteiger partial charge in [0.1, 0.15) is 11.4 Å². The summed E-state index contributed by atoms with van der Waals surface area (Å²) in [6, 6.07) is 16.5. The van der Waals surface area contributed by atoms with Crippen LogP contribution in [0.2, 0.25) is 5.02 Å². The molecule has 10 heteroatoms. The maximum Gasteiger partial charge on any atom is 0.407 e. The van der Waals surface area contributed by atoms with Gasteiger partial charge in [-0.15, -0.1) is 0 Å². The number of carbonyl (C=O) groups is 3. The Labute approximate surface area is 244 Å². The highest BCUT2D eigenvalue weighted by atomic mass is 35.5. The molecule has 1 atom stereocenters. The molecule has 3 aromatic rings. The van der Waals surface area contributed by atoms with E-state index >= 15 is 0 Å². The van der Waals surface area contributed by atoms with Crippen LogP contribution in [0, 0.1) is 0 Å². The van der Waals surface area contributed by atoms with Gasteiger partial charge in [0, 0.05) is 13.1 Å². The van der Waals surface area contributed by atoms with Gasteiger partial charge >= 0.3 is 6.09 Å². The van der Waals surface area contributed by atoms with E-state index in [9.17, 15) is 14.4 Å². The fourth-order valence-electron chi connectivity index (χ4n) is 4.98. The minimum Gasteiger partial charge on any atom is -0.495 e. The van der Waals surface area contributed by atoms with Crippen LogP contribution < -0.4 is 20.7 Å². The normalized spacial score (nSPS) is 16.1. The Kier molecular flexibility index (Phi) is 7.82. The summed E-state index contributed by atoms with van der Waals surface area (Å²) in [5, 5.41) is 9.71. The highest BCUT2D eigenvalue weighted by Crippen LogP contribution is 2.37. The summed E-state index contributed by atoms with van der Waals surface area (Å²) in [7, 11) is 1.57. The molecule has 0 bridgehead atoms. The predicted octanol–water partition coefficient (Wildman–Crippen LogP) is 5.99. The zero-order valence-corrected chi connectivity index (χ0v) is 24.2. The van der Waals surface area contributed by atoms with E-state index in [0.717, 1.165) is 22.4 Å². The Bertz CT molecular complexity index is 1520. The zero-order chi connectivity index (χ0) is 29.3. The number of anilines is 3. The van der Waals surface area contributed by atoms with Gasteiger partial charge in [-0.05, 0) is 80.3 Å². The lowest BCUT2D eigenvalue weighted by molar-refractivity contribution is -0.129. The standard InChI is InChI=1S/C31H33ClN4O5/c1-31(2,3)41-30(39)33-21-11-12-36(17-21)28(37)14-18-5-10-24-26(13-18)35-29(38)22-8-6-19(15-25(22)34-24)20-7-9-23(32)27(16-20)40-4/h5-10,13,15-16,21,34H,11-12,14,17H2,1-4H3,(H,33,39)(H,35,38). The fraction of sp³-hybridized carbons (Fsp3) is 0.323. The summed E-state index contributed by atoms with van der Waals surface area (Å²) < 4.78 is 10.7. The number of likely N-dealkylation sites (tertiary alicyclic amines) is 1. The number of fused-ring (bicyclic) bond motifs is 2. The lowest BCUT2D eigenvalue weighted by atomic mass is 10.0. The minimum atomic E-state index is -0.581. The third-order valence-electron chi connectivity index (χ3n) is 6.97. The molecule has 0 saturated carbocycles. The molecule has 214 valence electrons. The molecule has 3 amide bonds. The highest BCUT2D eigenvalue weighted by molar-refractivity contribution is 6.32. The van der Waals surface area contributed by atoms with Gasteiger partial charge < -0.3 is 30.3 Å². The van der Waals surface area contributed by atoms with Gasteiger partial charge in [0.2, 0.25) is 5.91 Å². The first-order chi connectivity index (χ1) is 19.5. The van der Waals surface area contributed by atoms with Crippen LogP contribution >= 0.6 is 11.6 Å². The van der Waals surface area contributed by atoms with E-state index in [-0.39, 0.29) is 24.3 Å². The number of rotatable bonds is 5. The third-order valence-corrected chi connectivity index (χ3v) is 7.28. The van der Waals surface area contributed by atoms with Crippen molar-refractivity contribution in [3.05, 3.63) is 70.7 Å². The molecule has 41 heavy (non-hydrogen) atoms. The Morgan fingerprint density at radius 3 is 2.51 bits per heavy atom. The number of carbonyl (C=O) groups excluding carboxylic acids is 3. The van der Waals surface area contributed by atoms with Gasteiger partial charge in [0.15, 0.2) is 0 Å². The molecule has 3 aromatic carbocycles. The van der Waals surface area contributed by atoms with Crippen molar-refractivity contribution in [2.75, 3.05) is 30.8 Å². The van der Waals surface area contributed by atoms with Crippen molar-refractivity contribution in [3.63, 3.8) is 0 Å². The number of halogens is 1. The fourth-order valence-corrected chi connectivity index (χ4v) is 5.17.